The number of fused-ring (bicyclic) bond motifs is 1. The largest absolute Gasteiger partial charge is 0.496 e. The zero-order valence-electron chi connectivity index (χ0n) is 17.4. The molecule has 0 spiro atoms. The Morgan fingerprint density at radius 3 is 2.38 bits per heavy atom. The Bertz CT molecular complexity index is 1010. The minimum atomic E-state index is -0.155. The zero-order valence-corrected chi connectivity index (χ0v) is 17.4. The minimum Gasteiger partial charge on any atom is -0.496 e. The topological polar surface area (TPSA) is 73.0 Å². The fraction of sp³-hybridized carbons (Fsp3) is 0.318. The number of aryl methyl sites for hydroxylation is 1. The summed E-state index contributed by atoms with van der Waals surface area (Å²) in [6.45, 7) is 2.83. The molecule has 0 radical (unpaired) electrons. The number of benzene rings is 2. The van der Waals surface area contributed by atoms with E-state index in [1.165, 1.54) is 0 Å². The van der Waals surface area contributed by atoms with Crippen molar-refractivity contribution in [2.75, 3.05) is 41.5 Å². The van der Waals surface area contributed by atoms with Crippen LogP contribution in [0, 0.1) is 6.92 Å². The van der Waals surface area contributed by atoms with E-state index in [1.54, 1.807) is 45.4 Å². The molecule has 0 unspecified atom stereocenters. The first-order chi connectivity index (χ1) is 14.0. The third-order valence-electron chi connectivity index (χ3n) is 4.80. The molecule has 3 rings (SSSR count). The molecule has 0 fully saturated rings. The number of methoxy groups -OCH3 is 3. The van der Waals surface area contributed by atoms with E-state index in [-0.39, 0.29) is 5.91 Å². The molecule has 0 aliphatic carbocycles. The van der Waals surface area contributed by atoms with Gasteiger partial charge in [-0.25, -0.2) is 0 Å². The molecule has 0 atom stereocenters. The number of para-hydroxylation sites is 1. The van der Waals surface area contributed by atoms with E-state index in [1.807, 2.05) is 31.2 Å². The summed E-state index contributed by atoms with van der Waals surface area (Å²) in [5, 5.41) is 0.748. The second kappa shape index (κ2) is 8.77. The second-order valence-corrected chi connectivity index (χ2v) is 6.63. The summed E-state index contributed by atoms with van der Waals surface area (Å²) in [6.07, 6.45) is 0. The van der Waals surface area contributed by atoms with Gasteiger partial charge in [-0.1, -0.05) is 18.2 Å². The number of nitrogens with zero attached hydrogens (tertiary/aromatic N) is 1. The predicted octanol–water partition coefficient (Wildman–Crippen LogP) is 3.65. The minimum absolute atomic E-state index is 0.155. The molecule has 1 heterocycles. The Morgan fingerprint density at radius 2 is 1.72 bits per heavy atom. The number of carbonyl (C=O) groups is 1. The molecule has 0 saturated heterocycles. The molecule has 1 aromatic heterocycles. The molecule has 29 heavy (non-hydrogen) atoms. The van der Waals surface area contributed by atoms with Crippen LogP contribution in [-0.4, -0.2) is 57.3 Å². The number of aromatic amines is 1. The van der Waals surface area contributed by atoms with Gasteiger partial charge in [0.1, 0.15) is 23.8 Å². The van der Waals surface area contributed by atoms with E-state index in [2.05, 4.69) is 4.98 Å². The van der Waals surface area contributed by atoms with E-state index in [0.29, 0.717) is 41.6 Å². The number of hydrogen-bond acceptors (Lipinski definition) is 5. The van der Waals surface area contributed by atoms with Crippen LogP contribution >= 0.6 is 0 Å². The van der Waals surface area contributed by atoms with Crippen molar-refractivity contribution >= 4 is 16.8 Å². The Hall–Kier alpha value is -3.35. The summed E-state index contributed by atoms with van der Waals surface area (Å²) in [4.78, 5) is 17.7. The number of carbonyl (C=O) groups excluding carboxylic acids is 1. The molecule has 1 N–H and O–H groups in total. The molecule has 0 aliphatic rings. The molecule has 3 aromatic rings. The van der Waals surface area contributed by atoms with Gasteiger partial charge in [0.05, 0.1) is 33.4 Å². The Kier molecular flexibility index (Phi) is 6.16. The first kappa shape index (κ1) is 20.4. The van der Waals surface area contributed by atoms with E-state index in [4.69, 9.17) is 18.9 Å². The van der Waals surface area contributed by atoms with Gasteiger partial charge in [0.15, 0.2) is 11.5 Å². The SMILES string of the molecule is COc1cc(OC)c2cc(C(=O)N(C)CCOc3ccccc3C)[nH]c2c1OC. The highest BCUT2D eigenvalue weighted by Gasteiger charge is 2.21. The molecule has 0 aliphatic heterocycles. The first-order valence-corrected chi connectivity index (χ1v) is 9.25. The molecule has 154 valence electrons. The van der Waals surface area contributed by atoms with E-state index >= 15 is 0 Å². The van der Waals surface area contributed by atoms with Crippen molar-refractivity contribution in [2.24, 2.45) is 0 Å². The highest BCUT2D eigenvalue weighted by Crippen LogP contribution is 2.41. The predicted molar refractivity (Wildman–Crippen MR) is 112 cm³/mol. The van der Waals surface area contributed by atoms with Crippen molar-refractivity contribution in [3.05, 3.63) is 47.7 Å². The normalized spacial score (nSPS) is 10.7. The maximum absolute atomic E-state index is 12.9. The van der Waals surface area contributed by atoms with Crippen LogP contribution in [0.25, 0.3) is 10.9 Å². The molecule has 0 bridgehead atoms. The zero-order chi connectivity index (χ0) is 21.0. The van der Waals surface area contributed by atoms with Crippen LogP contribution in [0.15, 0.2) is 36.4 Å². The van der Waals surface area contributed by atoms with Crippen molar-refractivity contribution in [2.45, 2.75) is 6.92 Å². The highest BCUT2D eigenvalue weighted by molar-refractivity contribution is 6.02. The lowest BCUT2D eigenvalue weighted by Gasteiger charge is -2.17. The van der Waals surface area contributed by atoms with E-state index < -0.39 is 0 Å². The van der Waals surface area contributed by atoms with Gasteiger partial charge < -0.3 is 28.8 Å². The second-order valence-electron chi connectivity index (χ2n) is 6.63. The van der Waals surface area contributed by atoms with Crippen LogP contribution in [0.1, 0.15) is 16.1 Å². The van der Waals surface area contributed by atoms with E-state index in [9.17, 15) is 4.79 Å². The lowest BCUT2D eigenvalue weighted by Crippen LogP contribution is -2.31. The van der Waals surface area contributed by atoms with E-state index in [0.717, 1.165) is 16.7 Å². The van der Waals surface area contributed by atoms with Gasteiger partial charge in [-0.3, -0.25) is 4.79 Å². The number of aromatic nitrogens is 1. The maximum Gasteiger partial charge on any atom is 0.270 e. The molecular formula is C22H26N2O5. The van der Waals surface area contributed by atoms with Crippen LogP contribution in [-0.2, 0) is 0 Å². The molecule has 0 saturated carbocycles. The summed E-state index contributed by atoms with van der Waals surface area (Å²) in [5.41, 5.74) is 2.14. The quantitative estimate of drug-likeness (QED) is 0.627. The average Bonchev–Trinajstić information content (AvgIpc) is 3.18. The highest BCUT2D eigenvalue weighted by atomic mass is 16.5. The van der Waals surface area contributed by atoms with Crippen LogP contribution in [0.4, 0.5) is 0 Å². The number of likely N-dealkylation sites (N-methyl/N-ethyl adjacent to an activating group) is 1. The monoisotopic (exact) mass is 398 g/mol. The molecule has 7 nitrogen and oxygen atoms in total. The van der Waals surface area contributed by atoms with Crippen LogP contribution in [0.2, 0.25) is 0 Å². The number of H-pyrrole nitrogens is 1. The van der Waals surface area contributed by atoms with Gasteiger partial charge in [0.25, 0.3) is 5.91 Å². The number of nitrogens with one attached hydrogen (secondary N) is 1. The lowest BCUT2D eigenvalue weighted by molar-refractivity contribution is 0.0769. The summed E-state index contributed by atoms with van der Waals surface area (Å²) in [7, 11) is 6.43. The van der Waals surface area contributed by atoms with Gasteiger partial charge in [-0.15, -0.1) is 0 Å². The fourth-order valence-corrected chi connectivity index (χ4v) is 3.17. The summed E-state index contributed by atoms with van der Waals surface area (Å²) in [6, 6.07) is 11.3. The van der Waals surface area contributed by atoms with Gasteiger partial charge in [-0.05, 0) is 24.6 Å². The number of rotatable bonds is 8. The summed E-state index contributed by atoms with van der Waals surface area (Å²) in [5.74, 6) is 2.31. The van der Waals surface area contributed by atoms with Crippen molar-refractivity contribution in [3.8, 4) is 23.0 Å². The maximum atomic E-state index is 12.9. The summed E-state index contributed by atoms with van der Waals surface area (Å²) < 4.78 is 22.1. The lowest BCUT2D eigenvalue weighted by atomic mass is 10.2. The van der Waals surface area contributed by atoms with Gasteiger partial charge >= 0.3 is 0 Å². The third-order valence-corrected chi connectivity index (χ3v) is 4.80. The van der Waals surface area contributed by atoms with Crippen molar-refractivity contribution in [3.63, 3.8) is 0 Å². The molecule has 1 amide bonds. The van der Waals surface area contributed by atoms with Gasteiger partial charge in [0, 0.05) is 18.5 Å². The Balaban J connectivity index is 1.78. The smallest absolute Gasteiger partial charge is 0.270 e. The standard InChI is InChI=1S/C22H26N2O5/c1-14-8-6-7-9-17(14)29-11-10-24(2)22(25)16-12-15-18(26-3)13-19(27-4)21(28-5)20(15)23-16/h6-9,12-13,23H,10-11H2,1-5H3. The van der Waals surface area contributed by atoms with Gasteiger partial charge in [0.2, 0.25) is 0 Å². The number of hydrogen-bond donors (Lipinski definition) is 1. The molecule has 7 heteroatoms. The van der Waals surface area contributed by atoms with Crippen molar-refractivity contribution in [1.82, 2.24) is 9.88 Å². The average molecular weight is 398 g/mol. The fourth-order valence-electron chi connectivity index (χ4n) is 3.17. The molecular weight excluding hydrogens is 372 g/mol. The number of ether oxygens (including phenoxy) is 4. The third kappa shape index (κ3) is 4.08. The molecule has 2 aromatic carbocycles. The van der Waals surface area contributed by atoms with Crippen molar-refractivity contribution < 1.29 is 23.7 Å². The van der Waals surface area contributed by atoms with Crippen LogP contribution < -0.4 is 18.9 Å². The van der Waals surface area contributed by atoms with Crippen LogP contribution in [0.5, 0.6) is 23.0 Å². The Morgan fingerprint density at radius 1 is 1.00 bits per heavy atom. The van der Waals surface area contributed by atoms with Crippen molar-refractivity contribution in [1.29, 1.82) is 0 Å². The first-order valence-electron chi connectivity index (χ1n) is 9.25. The van der Waals surface area contributed by atoms with Gasteiger partial charge in [-0.2, -0.15) is 0 Å². The number of amides is 1. The van der Waals surface area contributed by atoms with Crippen LogP contribution in [0.3, 0.4) is 0 Å². The Labute approximate surface area is 170 Å². The summed E-state index contributed by atoms with van der Waals surface area (Å²) >= 11 is 0.